The lowest BCUT2D eigenvalue weighted by Crippen LogP contribution is -2.56. The molecule has 0 saturated carbocycles. The molecule has 0 fully saturated rings. The predicted octanol–water partition coefficient (Wildman–Crippen LogP) is 1.95. The zero-order valence-electron chi connectivity index (χ0n) is 10.6. The molecular weight excluding hydrogens is 272 g/mol. The molecule has 0 aromatic heterocycles. The fourth-order valence-corrected chi connectivity index (χ4v) is 1.51. The third-order valence-electron chi connectivity index (χ3n) is 2.40. The highest BCUT2D eigenvalue weighted by Gasteiger charge is 2.35. The normalized spacial score (nSPS) is 13.4. The average Bonchev–Trinajstić information content (AvgIpc) is 2.32. The Morgan fingerprint density at radius 3 is 2.42 bits per heavy atom. The Hall–Kier alpha value is -1.79. The van der Waals surface area contributed by atoms with Crippen LogP contribution < -0.4 is 10.6 Å². The highest BCUT2D eigenvalue weighted by atomic mass is 35.5. The van der Waals surface area contributed by atoms with Crippen LogP contribution in [0.25, 0.3) is 0 Å². The van der Waals surface area contributed by atoms with Gasteiger partial charge >= 0.3 is 12.0 Å². The van der Waals surface area contributed by atoms with E-state index in [1.807, 2.05) is 0 Å². The maximum absolute atomic E-state index is 11.7. The van der Waals surface area contributed by atoms with Gasteiger partial charge in [-0.3, -0.25) is 0 Å². The van der Waals surface area contributed by atoms with Crippen molar-refractivity contribution in [1.82, 2.24) is 5.32 Å². The zero-order valence-corrected chi connectivity index (χ0v) is 11.3. The van der Waals surface area contributed by atoms with Crippen LogP contribution in [-0.4, -0.2) is 36.4 Å². The molecule has 2 amide bonds. The minimum Gasteiger partial charge on any atom is -0.479 e. The Morgan fingerprint density at radius 1 is 1.37 bits per heavy atom. The first-order valence-electron chi connectivity index (χ1n) is 5.44. The minimum absolute atomic E-state index is 0.142. The number of nitrogens with one attached hydrogen (secondary N) is 2. The van der Waals surface area contributed by atoms with Gasteiger partial charge in [0.1, 0.15) is 0 Å². The molecular formula is C12H15ClN2O4. The van der Waals surface area contributed by atoms with Crippen molar-refractivity contribution >= 4 is 29.3 Å². The van der Waals surface area contributed by atoms with E-state index in [1.165, 1.54) is 14.0 Å². The number of rotatable bonds is 5. The van der Waals surface area contributed by atoms with E-state index in [9.17, 15) is 9.59 Å². The maximum Gasteiger partial charge on any atom is 0.331 e. The summed E-state index contributed by atoms with van der Waals surface area (Å²) >= 11 is 5.71. The summed E-state index contributed by atoms with van der Waals surface area (Å²) in [4.78, 5) is 22.8. The number of carbonyl (C=O) groups is 2. The van der Waals surface area contributed by atoms with Crippen LogP contribution in [0.4, 0.5) is 10.5 Å². The van der Waals surface area contributed by atoms with E-state index in [4.69, 9.17) is 21.4 Å². The van der Waals surface area contributed by atoms with Crippen LogP contribution in [0, 0.1) is 0 Å². The Balaban J connectivity index is 2.68. The van der Waals surface area contributed by atoms with Gasteiger partial charge in [-0.2, -0.15) is 0 Å². The van der Waals surface area contributed by atoms with Gasteiger partial charge in [-0.25, -0.2) is 9.59 Å². The van der Waals surface area contributed by atoms with Crippen LogP contribution in [-0.2, 0) is 9.53 Å². The van der Waals surface area contributed by atoms with Crippen molar-refractivity contribution in [3.63, 3.8) is 0 Å². The molecule has 3 N–H and O–H groups in total. The van der Waals surface area contributed by atoms with Crippen LogP contribution in [0.3, 0.4) is 0 Å². The molecule has 0 bridgehead atoms. The second kappa shape index (κ2) is 6.40. The highest BCUT2D eigenvalue weighted by molar-refractivity contribution is 6.30. The lowest BCUT2D eigenvalue weighted by Gasteiger charge is -2.25. The number of amides is 2. The number of carboxylic acids is 1. The topological polar surface area (TPSA) is 87.7 Å². The van der Waals surface area contributed by atoms with Gasteiger partial charge in [-0.1, -0.05) is 11.6 Å². The van der Waals surface area contributed by atoms with Crippen molar-refractivity contribution in [1.29, 1.82) is 0 Å². The average molecular weight is 287 g/mol. The summed E-state index contributed by atoms with van der Waals surface area (Å²) < 4.78 is 4.79. The van der Waals surface area contributed by atoms with Gasteiger partial charge in [0.05, 0.1) is 6.61 Å². The van der Waals surface area contributed by atoms with E-state index in [0.717, 1.165) is 0 Å². The molecule has 19 heavy (non-hydrogen) atoms. The molecule has 0 aliphatic heterocycles. The number of anilines is 1. The number of benzene rings is 1. The van der Waals surface area contributed by atoms with E-state index >= 15 is 0 Å². The molecule has 6 nitrogen and oxygen atoms in total. The van der Waals surface area contributed by atoms with E-state index in [-0.39, 0.29) is 6.61 Å². The number of carboxylic acid groups (broad SMARTS) is 1. The number of hydrogen-bond acceptors (Lipinski definition) is 3. The Labute approximate surface area is 115 Å². The minimum atomic E-state index is -1.49. The van der Waals surface area contributed by atoms with Gasteiger partial charge in [0.2, 0.25) is 0 Å². The van der Waals surface area contributed by atoms with Crippen molar-refractivity contribution in [2.24, 2.45) is 0 Å². The molecule has 1 aromatic carbocycles. The highest BCUT2D eigenvalue weighted by Crippen LogP contribution is 2.13. The fraction of sp³-hybridized carbons (Fsp3) is 0.333. The Bertz CT molecular complexity index is 463. The van der Waals surface area contributed by atoms with E-state index in [0.29, 0.717) is 10.7 Å². The molecule has 0 aliphatic carbocycles. The van der Waals surface area contributed by atoms with E-state index in [2.05, 4.69) is 10.6 Å². The SMILES string of the molecule is COC[C@](C)(NC(=O)Nc1ccc(Cl)cc1)C(=O)O. The molecule has 0 unspecified atom stereocenters. The van der Waals surface area contributed by atoms with Crippen molar-refractivity contribution in [3.05, 3.63) is 29.3 Å². The summed E-state index contributed by atoms with van der Waals surface area (Å²) in [7, 11) is 1.36. The van der Waals surface area contributed by atoms with E-state index in [1.54, 1.807) is 24.3 Å². The fourth-order valence-electron chi connectivity index (χ4n) is 1.39. The van der Waals surface area contributed by atoms with E-state index < -0.39 is 17.5 Å². The molecule has 0 spiro atoms. The summed E-state index contributed by atoms with van der Waals surface area (Å²) in [6.45, 7) is 1.22. The second-order valence-corrected chi connectivity index (χ2v) is 4.59. The van der Waals surface area contributed by atoms with Gasteiger partial charge in [0.25, 0.3) is 0 Å². The Kier molecular flexibility index (Phi) is 5.14. The van der Waals surface area contributed by atoms with Gasteiger partial charge in [0, 0.05) is 17.8 Å². The Morgan fingerprint density at radius 2 is 1.95 bits per heavy atom. The van der Waals surface area contributed by atoms with Crippen molar-refractivity contribution in [2.45, 2.75) is 12.5 Å². The molecule has 0 heterocycles. The first-order chi connectivity index (χ1) is 8.87. The van der Waals surface area contributed by atoms with Gasteiger partial charge in [-0.05, 0) is 31.2 Å². The third kappa shape index (κ3) is 4.42. The van der Waals surface area contributed by atoms with Gasteiger partial charge in [0.15, 0.2) is 5.54 Å². The molecule has 1 rings (SSSR count). The molecule has 7 heteroatoms. The summed E-state index contributed by atoms with van der Waals surface area (Å²) in [6, 6.07) is 5.81. The maximum atomic E-state index is 11.7. The number of aliphatic carboxylic acids is 1. The first-order valence-corrected chi connectivity index (χ1v) is 5.82. The summed E-state index contributed by atoms with van der Waals surface area (Å²) in [5, 5.41) is 14.5. The first kappa shape index (κ1) is 15.3. The smallest absolute Gasteiger partial charge is 0.331 e. The molecule has 0 aliphatic rings. The molecule has 104 valence electrons. The van der Waals surface area contributed by atoms with Crippen LogP contribution in [0.2, 0.25) is 5.02 Å². The summed E-state index contributed by atoms with van der Waals surface area (Å²) in [6.07, 6.45) is 0. The number of urea groups is 1. The van der Waals surface area contributed by atoms with Crippen molar-refractivity contribution < 1.29 is 19.4 Å². The summed E-state index contributed by atoms with van der Waals surface area (Å²) in [5.74, 6) is -1.18. The van der Waals surface area contributed by atoms with Gasteiger partial charge < -0.3 is 20.5 Å². The van der Waals surface area contributed by atoms with Gasteiger partial charge in [-0.15, -0.1) is 0 Å². The largest absolute Gasteiger partial charge is 0.479 e. The third-order valence-corrected chi connectivity index (χ3v) is 2.65. The molecule has 1 atom stereocenters. The van der Waals surface area contributed by atoms with Crippen LogP contribution in [0.5, 0.6) is 0 Å². The zero-order chi connectivity index (χ0) is 14.5. The van der Waals surface area contributed by atoms with Crippen LogP contribution >= 0.6 is 11.6 Å². The number of carbonyl (C=O) groups excluding carboxylic acids is 1. The second-order valence-electron chi connectivity index (χ2n) is 4.16. The lowest BCUT2D eigenvalue weighted by atomic mass is 10.1. The number of methoxy groups -OCH3 is 1. The van der Waals surface area contributed by atoms with Crippen LogP contribution in [0.1, 0.15) is 6.92 Å². The van der Waals surface area contributed by atoms with Crippen molar-refractivity contribution in [3.8, 4) is 0 Å². The molecule has 1 aromatic rings. The lowest BCUT2D eigenvalue weighted by molar-refractivity contribution is -0.145. The van der Waals surface area contributed by atoms with Crippen molar-refractivity contribution in [2.75, 3.05) is 19.0 Å². The summed E-state index contributed by atoms with van der Waals surface area (Å²) in [5.41, 5.74) is -0.988. The number of hydrogen-bond donors (Lipinski definition) is 3. The standard InChI is InChI=1S/C12H15ClN2O4/c1-12(7-19-2,10(16)17)15-11(18)14-9-5-3-8(13)4-6-9/h3-6H,7H2,1-2H3,(H,16,17)(H2,14,15,18)/t12-/m0/s1. The monoisotopic (exact) mass is 286 g/mol. The molecule has 0 saturated heterocycles. The number of ether oxygens (including phenoxy) is 1. The number of halogens is 1. The molecule has 0 radical (unpaired) electrons. The quantitative estimate of drug-likeness (QED) is 0.772. The predicted molar refractivity (Wildman–Crippen MR) is 71.5 cm³/mol. The van der Waals surface area contributed by atoms with Crippen LogP contribution in [0.15, 0.2) is 24.3 Å².